The van der Waals surface area contributed by atoms with Crippen molar-refractivity contribution in [2.45, 2.75) is 13.3 Å². The molecular formula is C15H18FNOS. The van der Waals surface area contributed by atoms with E-state index in [0.29, 0.717) is 6.61 Å². The molecule has 1 N–H and O–H groups in total. The molecule has 2 rings (SSSR count). The molecule has 1 heterocycles. The maximum Gasteiger partial charge on any atom is 0.123 e. The van der Waals surface area contributed by atoms with Gasteiger partial charge in [0.1, 0.15) is 18.2 Å². The number of aryl methyl sites for hydroxylation is 1. The van der Waals surface area contributed by atoms with E-state index >= 15 is 0 Å². The number of halogens is 1. The fraction of sp³-hybridized carbons (Fsp3) is 0.333. The van der Waals surface area contributed by atoms with Crippen LogP contribution in [0, 0.1) is 12.7 Å². The molecule has 1 aromatic carbocycles. The van der Waals surface area contributed by atoms with E-state index in [1.165, 1.54) is 17.0 Å². The summed E-state index contributed by atoms with van der Waals surface area (Å²) in [5.74, 6) is 0.528. The van der Waals surface area contributed by atoms with Gasteiger partial charge in [-0.1, -0.05) is 6.07 Å². The molecule has 4 heteroatoms. The third-order valence-electron chi connectivity index (χ3n) is 2.80. The zero-order valence-corrected chi connectivity index (χ0v) is 11.8. The number of hydrogen-bond donors (Lipinski definition) is 1. The van der Waals surface area contributed by atoms with E-state index < -0.39 is 0 Å². The molecule has 0 aliphatic carbocycles. The average Bonchev–Trinajstić information content (AvgIpc) is 2.89. The Hall–Kier alpha value is -1.39. The largest absolute Gasteiger partial charge is 0.492 e. The number of thiophene rings is 1. The van der Waals surface area contributed by atoms with Crippen LogP contribution in [0.2, 0.25) is 0 Å². The van der Waals surface area contributed by atoms with Crippen molar-refractivity contribution in [3.8, 4) is 5.75 Å². The Morgan fingerprint density at radius 3 is 2.89 bits per heavy atom. The van der Waals surface area contributed by atoms with Gasteiger partial charge in [0.15, 0.2) is 0 Å². The summed E-state index contributed by atoms with van der Waals surface area (Å²) in [6.07, 6.45) is 1.05. The monoisotopic (exact) mass is 279 g/mol. The Bertz CT molecular complexity index is 499. The lowest BCUT2D eigenvalue weighted by molar-refractivity contribution is 0.312. The van der Waals surface area contributed by atoms with E-state index in [1.54, 1.807) is 17.4 Å². The van der Waals surface area contributed by atoms with Crippen LogP contribution in [0.1, 0.15) is 10.4 Å². The molecule has 0 saturated heterocycles. The van der Waals surface area contributed by atoms with Gasteiger partial charge < -0.3 is 10.1 Å². The van der Waals surface area contributed by atoms with E-state index in [4.69, 9.17) is 4.74 Å². The quantitative estimate of drug-likeness (QED) is 0.784. The molecule has 0 spiro atoms. The molecule has 0 unspecified atom stereocenters. The topological polar surface area (TPSA) is 21.3 Å². The molecule has 2 aromatic rings. The van der Waals surface area contributed by atoms with Crippen LogP contribution in [0.25, 0.3) is 0 Å². The number of ether oxygens (including phenoxy) is 1. The Balaban J connectivity index is 1.61. The SMILES string of the molecule is Cc1cc(F)ccc1OCCNCCc1cccs1. The average molecular weight is 279 g/mol. The minimum Gasteiger partial charge on any atom is -0.492 e. The first kappa shape index (κ1) is 14.0. The Morgan fingerprint density at radius 1 is 1.26 bits per heavy atom. The highest BCUT2D eigenvalue weighted by Gasteiger charge is 2.00. The Kier molecular flexibility index (Phi) is 5.36. The molecule has 0 aliphatic heterocycles. The van der Waals surface area contributed by atoms with Crippen molar-refractivity contribution in [2.24, 2.45) is 0 Å². The van der Waals surface area contributed by atoms with Crippen molar-refractivity contribution < 1.29 is 9.13 Å². The second-order valence-electron chi connectivity index (χ2n) is 4.34. The molecule has 0 atom stereocenters. The first-order valence-corrected chi connectivity index (χ1v) is 7.26. The normalized spacial score (nSPS) is 10.6. The van der Waals surface area contributed by atoms with Gasteiger partial charge in [-0.25, -0.2) is 4.39 Å². The highest BCUT2D eigenvalue weighted by atomic mass is 32.1. The number of rotatable bonds is 7. The van der Waals surface area contributed by atoms with Crippen molar-refractivity contribution in [1.29, 1.82) is 0 Å². The van der Waals surface area contributed by atoms with Gasteiger partial charge in [-0.15, -0.1) is 11.3 Å². The third kappa shape index (κ3) is 4.65. The van der Waals surface area contributed by atoms with Crippen molar-refractivity contribution in [3.63, 3.8) is 0 Å². The lowest BCUT2D eigenvalue weighted by Crippen LogP contribution is -2.23. The Morgan fingerprint density at radius 2 is 2.16 bits per heavy atom. The van der Waals surface area contributed by atoms with Gasteiger partial charge in [0.2, 0.25) is 0 Å². The van der Waals surface area contributed by atoms with Gasteiger partial charge >= 0.3 is 0 Å². The van der Waals surface area contributed by atoms with Crippen molar-refractivity contribution in [1.82, 2.24) is 5.32 Å². The maximum absolute atomic E-state index is 12.9. The first-order chi connectivity index (χ1) is 9.25. The zero-order chi connectivity index (χ0) is 13.5. The number of hydrogen-bond acceptors (Lipinski definition) is 3. The fourth-order valence-corrected chi connectivity index (χ4v) is 2.51. The predicted octanol–water partition coefficient (Wildman–Crippen LogP) is 3.41. The fourth-order valence-electron chi connectivity index (χ4n) is 1.80. The molecule has 102 valence electrons. The van der Waals surface area contributed by atoms with Gasteiger partial charge in [-0.3, -0.25) is 0 Å². The lowest BCUT2D eigenvalue weighted by Gasteiger charge is -2.09. The first-order valence-electron chi connectivity index (χ1n) is 6.38. The summed E-state index contributed by atoms with van der Waals surface area (Å²) in [5.41, 5.74) is 0.832. The molecule has 0 radical (unpaired) electrons. The van der Waals surface area contributed by atoms with Crippen LogP contribution in [0.5, 0.6) is 5.75 Å². The van der Waals surface area contributed by atoms with Crippen LogP contribution in [0.15, 0.2) is 35.7 Å². The molecule has 0 fully saturated rings. The lowest BCUT2D eigenvalue weighted by atomic mass is 10.2. The minimum absolute atomic E-state index is 0.223. The van der Waals surface area contributed by atoms with Crippen molar-refractivity contribution in [2.75, 3.05) is 19.7 Å². The summed E-state index contributed by atoms with van der Waals surface area (Å²) in [7, 11) is 0. The van der Waals surface area contributed by atoms with Gasteiger partial charge in [0, 0.05) is 18.0 Å². The second kappa shape index (κ2) is 7.26. The second-order valence-corrected chi connectivity index (χ2v) is 5.37. The van der Waals surface area contributed by atoms with Crippen LogP contribution in [0.3, 0.4) is 0 Å². The summed E-state index contributed by atoms with van der Waals surface area (Å²) in [6, 6.07) is 8.80. The Labute approximate surface area is 117 Å². The molecule has 19 heavy (non-hydrogen) atoms. The van der Waals surface area contributed by atoms with Crippen molar-refractivity contribution in [3.05, 3.63) is 52.0 Å². The van der Waals surface area contributed by atoms with Gasteiger partial charge in [0.05, 0.1) is 0 Å². The summed E-state index contributed by atoms with van der Waals surface area (Å²) in [6.45, 7) is 4.19. The highest BCUT2D eigenvalue weighted by molar-refractivity contribution is 7.09. The van der Waals surface area contributed by atoms with Crippen LogP contribution in [-0.4, -0.2) is 19.7 Å². The number of benzene rings is 1. The van der Waals surface area contributed by atoms with Crippen LogP contribution in [0.4, 0.5) is 4.39 Å². The molecule has 1 aromatic heterocycles. The third-order valence-corrected chi connectivity index (χ3v) is 3.74. The van der Waals surface area contributed by atoms with E-state index in [9.17, 15) is 4.39 Å². The summed E-state index contributed by atoms with van der Waals surface area (Å²) >= 11 is 1.78. The smallest absolute Gasteiger partial charge is 0.123 e. The van der Waals surface area contributed by atoms with Gasteiger partial charge in [0.25, 0.3) is 0 Å². The summed E-state index contributed by atoms with van der Waals surface area (Å²) in [4.78, 5) is 1.39. The van der Waals surface area contributed by atoms with Crippen LogP contribution >= 0.6 is 11.3 Å². The minimum atomic E-state index is -0.223. The van der Waals surface area contributed by atoms with Crippen LogP contribution < -0.4 is 10.1 Å². The zero-order valence-electron chi connectivity index (χ0n) is 11.0. The summed E-state index contributed by atoms with van der Waals surface area (Å²) < 4.78 is 18.5. The number of nitrogens with one attached hydrogen (secondary N) is 1. The molecule has 0 saturated carbocycles. The highest BCUT2D eigenvalue weighted by Crippen LogP contribution is 2.17. The molecule has 0 bridgehead atoms. The van der Waals surface area contributed by atoms with E-state index in [2.05, 4.69) is 22.8 Å². The van der Waals surface area contributed by atoms with Crippen LogP contribution in [-0.2, 0) is 6.42 Å². The molecule has 2 nitrogen and oxygen atoms in total. The molecule has 0 aliphatic rings. The molecular weight excluding hydrogens is 261 g/mol. The van der Waals surface area contributed by atoms with Gasteiger partial charge in [-0.05, 0) is 48.6 Å². The van der Waals surface area contributed by atoms with Gasteiger partial charge in [-0.2, -0.15) is 0 Å². The predicted molar refractivity (Wildman–Crippen MR) is 77.5 cm³/mol. The molecule has 0 amide bonds. The van der Waals surface area contributed by atoms with E-state index in [-0.39, 0.29) is 5.82 Å². The van der Waals surface area contributed by atoms with Crippen molar-refractivity contribution >= 4 is 11.3 Å². The summed E-state index contributed by atoms with van der Waals surface area (Å²) in [5, 5.41) is 5.43. The standard InChI is InChI=1S/C15H18FNOS/c1-12-11-13(16)4-5-15(12)18-9-8-17-7-6-14-3-2-10-19-14/h2-5,10-11,17H,6-9H2,1H3. The maximum atomic E-state index is 12.9. The van der Waals surface area contributed by atoms with E-state index in [1.807, 2.05) is 6.92 Å². The van der Waals surface area contributed by atoms with E-state index in [0.717, 1.165) is 30.8 Å².